The van der Waals surface area contributed by atoms with Gasteiger partial charge in [0.2, 0.25) is 0 Å². The zero-order chi connectivity index (χ0) is 14.9. The van der Waals surface area contributed by atoms with Crippen LogP contribution in [0.4, 0.5) is 0 Å². The van der Waals surface area contributed by atoms with Crippen molar-refractivity contribution in [2.45, 2.75) is 18.5 Å². The molecule has 0 saturated carbocycles. The molecule has 3 rings (SSSR count). The lowest BCUT2D eigenvalue weighted by Crippen LogP contribution is -2.48. The van der Waals surface area contributed by atoms with Crippen LogP contribution in [0.5, 0.6) is 0 Å². The number of hydrogen-bond acceptors (Lipinski definition) is 6. The van der Waals surface area contributed by atoms with Gasteiger partial charge < -0.3 is 9.51 Å². The Kier molecular flexibility index (Phi) is 3.79. The predicted octanol–water partition coefficient (Wildman–Crippen LogP) is 0.213. The van der Waals surface area contributed by atoms with Crippen molar-refractivity contribution in [2.24, 2.45) is 0 Å². The molecule has 8 nitrogen and oxygen atoms in total. The molecule has 0 aliphatic carbocycles. The Morgan fingerprint density at radius 3 is 2.67 bits per heavy atom. The van der Waals surface area contributed by atoms with Gasteiger partial charge in [-0.05, 0) is 6.92 Å². The monoisotopic (exact) mass is 311 g/mol. The average molecular weight is 311 g/mol. The van der Waals surface area contributed by atoms with Crippen LogP contribution in [0.2, 0.25) is 0 Å². The van der Waals surface area contributed by atoms with Gasteiger partial charge in [0.05, 0.1) is 24.8 Å². The number of nitrogens with zero attached hydrogens (tertiary/aromatic N) is 4. The number of hydrogen-bond donors (Lipinski definition) is 1. The van der Waals surface area contributed by atoms with Crippen LogP contribution in [0.15, 0.2) is 28.1 Å². The molecule has 0 unspecified atom stereocenters. The molecule has 0 amide bonds. The molecule has 1 N–H and O–H groups in total. The van der Waals surface area contributed by atoms with Crippen molar-refractivity contribution < 1.29 is 12.9 Å². The number of aromatic amines is 1. The van der Waals surface area contributed by atoms with Gasteiger partial charge in [0.1, 0.15) is 0 Å². The maximum absolute atomic E-state index is 12.3. The summed E-state index contributed by atoms with van der Waals surface area (Å²) in [7, 11) is -3.46. The third-order valence-corrected chi connectivity index (χ3v) is 5.30. The molecule has 3 heterocycles. The summed E-state index contributed by atoms with van der Waals surface area (Å²) in [6.45, 7) is 4.75. The minimum atomic E-state index is -3.46. The molecule has 0 atom stereocenters. The molecule has 114 valence electrons. The van der Waals surface area contributed by atoms with Crippen LogP contribution < -0.4 is 0 Å². The number of aryl methyl sites for hydroxylation is 1. The standard InChI is InChI=1S/C12H17N5O3S/c1-10-6-11(20-15-10)8-16-2-4-17(5-3-16)21(18,19)12-7-13-9-14-12/h6-7,9H,2-5,8H2,1H3,(H,13,14). The lowest BCUT2D eigenvalue weighted by atomic mass is 10.3. The molecule has 1 fully saturated rings. The Labute approximate surface area is 122 Å². The van der Waals surface area contributed by atoms with Crippen LogP contribution in [0, 0.1) is 6.92 Å². The van der Waals surface area contributed by atoms with E-state index in [0.29, 0.717) is 32.7 Å². The van der Waals surface area contributed by atoms with E-state index in [4.69, 9.17) is 4.52 Å². The van der Waals surface area contributed by atoms with Crippen LogP contribution in [0.3, 0.4) is 0 Å². The van der Waals surface area contributed by atoms with Crippen LogP contribution >= 0.6 is 0 Å². The summed E-state index contributed by atoms with van der Waals surface area (Å²) in [6.07, 6.45) is 2.70. The molecular weight excluding hydrogens is 294 g/mol. The van der Waals surface area contributed by atoms with Gasteiger partial charge in [-0.2, -0.15) is 4.31 Å². The number of sulfonamides is 1. The molecule has 9 heteroatoms. The second-order valence-corrected chi connectivity index (χ2v) is 6.94. The van der Waals surface area contributed by atoms with Crippen LogP contribution in [-0.2, 0) is 16.6 Å². The van der Waals surface area contributed by atoms with E-state index in [1.807, 2.05) is 13.0 Å². The van der Waals surface area contributed by atoms with E-state index in [-0.39, 0.29) is 5.03 Å². The van der Waals surface area contributed by atoms with Crippen molar-refractivity contribution in [1.82, 2.24) is 24.3 Å². The Morgan fingerprint density at radius 2 is 2.10 bits per heavy atom. The first-order valence-corrected chi connectivity index (χ1v) is 8.13. The first-order chi connectivity index (χ1) is 10.1. The average Bonchev–Trinajstić information content (AvgIpc) is 3.11. The third kappa shape index (κ3) is 2.99. The molecule has 1 saturated heterocycles. The Hall–Kier alpha value is -1.71. The fourth-order valence-corrected chi connectivity index (χ4v) is 3.68. The smallest absolute Gasteiger partial charge is 0.260 e. The molecule has 2 aromatic heterocycles. The fraction of sp³-hybridized carbons (Fsp3) is 0.500. The highest BCUT2D eigenvalue weighted by atomic mass is 32.2. The zero-order valence-corrected chi connectivity index (χ0v) is 12.5. The zero-order valence-electron chi connectivity index (χ0n) is 11.7. The van der Waals surface area contributed by atoms with Gasteiger partial charge in [0, 0.05) is 32.2 Å². The number of imidazole rings is 1. The summed E-state index contributed by atoms with van der Waals surface area (Å²) < 4.78 is 31.3. The first-order valence-electron chi connectivity index (χ1n) is 6.69. The van der Waals surface area contributed by atoms with E-state index in [2.05, 4.69) is 20.0 Å². The van der Waals surface area contributed by atoms with Crippen molar-refractivity contribution in [3.63, 3.8) is 0 Å². The second kappa shape index (κ2) is 5.58. The molecule has 21 heavy (non-hydrogen) atoms. The minimum Gasteiger partial charge on any atom is -0.360 e. The summed E-state index contributed by atoms with van der Waals surface area (Å²) in [6, 6.07) is 1.90. The van der Waals surface area contributed by atoms with Crippen LogP contribution in [0.25, 0.3) is 0 Å². The van der Waals surface area contributed by atoms with E-state index in [0.717, 1.165) is 11.5 Å². The van der Waals surface area contributed by atoms with E-state index in [9.17, 15) is 8.42 Å². The number of piperazine rings is 1. The van der Waals surface area contributed by atoms with Crippen molar-refractivity contribution >= 4 is 10.0 Å². The van der Waals surface area contributed by atoms with E-state index in [1.165, 1.54) is 16.8 Å². The normalized spacial score (nSPS) is 18.1. The topological polar surface area (TPSA) is 95.3 Å². The van der Waals surface area contributed by atoms with Gasteiger partial charge in [0.25, 0.3) is 10.0 Å². The molecule has 1 aliphatic heterocycles. The molecule has 0 bridgehead atoms. The van der Waals surface area contributed by atoms with Crippen molar-refractivity contribution in [1.29, 1.82) is 0 Å². The largest absolute Gasteiger partial charge is 0.360 e. The van der Waals surface area contributed by atoms with Crippen LogP contribution in [0.1, 0.15) is 11.5 Å². The number of nitrogens with one attached hydrogen (secondary N) is 1. The van der Waals surface area contributed by atoms with Crippen molar-refractivity contribution in [2.75, 3.05) is 26.2 Å². The fourth-order valence-electron chi connectivity index (χ4n) is 2.36. The molecule has 2 aromatic rings. The highest BCUT2D eigenvalue weighted by molar-refractivity contribution is 7.89. The van der Waals surface area contributed by atoms with E-state index in [1.54, 1.807) is 0 Å². The minimum absolute atomic E-state index is 0.141. The quantitative estimate of drug-likeness (QED) is 0.867. The number of rotatable bonds is 4. The van der Waals surface area contributed by atoms with E-state index < -0.39 is 10.0 Å². The molecule has 0 spiro atoms. The first kappa shape index (κ1) is 14.2. The highest BCUT2D eigenvalue weighted by Crippen LogP contribution is 2.16. The van der Waals surface area contributed by atoms with Crippen molar-refractivity contribution in [3.05, 3.63) is 30.0 Å². The SMILES string of the molecule is Cc1cc(CN2CCN(S(=O)(=O)c3cnc[nH]3)CC2)on1. The summed E-state index contributed by atoms with van der Waals surface area (Å²) >= 11 is 0. The Balaban J connectivity index is 1.60. The van der Waals surface area contributed by atoms with E-state index >= 15 is 0 Å². The maximum Gasteiger partial charge on any atom is 0.260 e. The second-order valence-electron chi connectivity index (χ2n) is 5.03. The van der Waals surface area contributed by atoms with Gasteiger partial charge in [-0.1, -0.05) is 5.16 Å². The van der Waals surface area contributed by atoms with Crippen LogP contribution in [-0.4, -0.2) is 58.9 Å². The lowest BCUT2D eigenvalue weighted by molar-refractivity contribution is 0.166. The highest BCUT2D eigenvalue weighted by Gasteiger charge is 2.29. The third-order valence-electron chi connectivity index (χ3n) is 3.48. The van der Waals surface area contributed by atoms with Gasteiger partial charge in [-0.3, -0.25) is 4.90 Å². The van der Waals surface area contributed by atoms with Gasteiger partial charge in [-0.15, -0.1) is 0 Å². The lowest BCUT2D eigenvalue weighted by Gasteiger charge is -2.32. The summed E-state index contributed by atoms with van der Waals surface area (Å²) in [4.78, 5) is 8.57. The van der Waals surface area contributed by atoms with Gasteiger partial charge >= 0.3 is 0 Å². The number of H-pyrrole nitrogens is 1. The predicted molar refractivity (Wildman–Crippen MR) is 73.9 cm³/mol. The van der Waals surface area contributed by atoms with Crippen molar-refractivity contribution in [3.8, 4) is 0 Å². The summed E-state index contributed by atoms with van der Waals surface area (Å²) in [5.41, 5.74) is 0.852. The Morgan fingerprint density at radius 1 is 1.33 bits per heavy atom. The molecule has 1 aliphatic rings. The maximum atomic E-state index is 12.3. The molecular formula is C12H17N5O3S. The van der Waals surface area contributed by atoms with Gasteiger partial charge in [-0.25, -0.2) is 13.4 Å². The Bertz CT molecular complexity index is 686. The molecule has 0 aromatic carbocycles. The van der Waals surface area contributed by atoms with Gasteiger partial charge in [0.15, 0.2) is 10.8 Å². The molecule has 0 radical (unpaired) electrons. The summed E-state index contributed by atoms with van der Waals surface area (Å²) in [5, 5.41) is 3.99. The number of aromatic nitrogens is 3. The summed E-state index contributed by atoms with van der Waals surface area (Å²) in [5.74, 6) is 0.803.